The highest BCUT2D eigenvalue weighted by molar-refractivity contribution is 5.17. The zero-order valence-electron chi connectivity index (χ0n) is 9.33. The number of nitriles is 1. The highest BCUT2D eigenvalue weighted by Crippen LogP contribution is 2.68. The molecular weight excluding hydrogens is 170 g/mol. The quantitative estimate of drug-likeness (QED) is 0.580. The summed E-state index contributed by atoms with van der Waals surface area (Å²) in [7, 11) is 0. The average molecular weight is 189 g/mol. The monoisotopic (exact) mass is 189 g/mol. The van der Waals surface area contributed by atoms with Crippen LogP contribution in [0.5, 0.6) is 0 Å². The first-order chi connectivity index (χ1) is 6.59. The van der Waals surface area contributed by atoms with Crippen LogP contribution in [0.3, 0.4) is 0 Å². The molecule has 4 atom stereocenters. The second-order valence-corrected chi connectivity index (χ2v) is 5.57. The lowest BCUT2D eigenvalue weighted by atomic mass is 9.80. The van der Waals surface area contributed by atoms with Crippen molar-refractivity contribution in [2.45, 2.75) is 33.6 Å². The van der Waals surface area contributed by atoms with Crippen molar-refractivity contribution in [1.82, 2.24) is 0 Å². The summed E-state index contributed by atoms with van der Waals surface area (Å²) in [6, 6.07) is 2.12. The molecule has 0 aromatic rings. The fourth-order valence-corrected chi connectivity index (χ4v) is 3.55. The van der Waals surface area contributed by atoms with Gasteiger partial charge in [0.1, 0.15) is 0 Å². The van der Waals surface area contributed by atoms with Crippen LogP contribution in [-0.2, 0) is 0 Å². The largest absolute Gasteiger partial charge is 0.193 e. The van der Waals surface area contributed by atoms with Gasteiger partial charge in [-0.25, -0.2) is 0 Å². The van der Waals surface area contributed by atoms with Crippen molar-refractivity contribution < 1.29 is 0 Å². The number of rotatable bonds is 1. The standard InChI is InChI=1S/C13H19N/c1-9-6-7-11-12(13(11,2)3)10(9)5-4-8-14/h4-5,9-12H,6-7H2,1-3H3/t9-,10+,11?,12+/m1/s1. The minimum Gasteiger partial charge on any atom is -0.193 e. The van der Waals surface area contributed by atoms with Crippen LogP contribution in [0, 0.1) is 40.4 Å². The highest BCUT2D eigenvalue weighted by Gasteiger charge is 2.62. The first-order valence-electron chi connectivity index (χ1n) is 5.65. The fourth-order valence-electron chi connectivity index (χ4n) is 3.55. The number of hydrogen-bond donors (Lipinski definition) is 0. The van der Waals surface area contributed by atoms with E-state index in [2.05, 4.69) is 32.9 Å². The van der Waals surface area contributed by atoms with Crippen molar-refractivity contribution in [3.63, 3.8) is 0 Å². The summed E-state index contributed by atoms with van der Waals surface area (Å²) in [6.45, 7) is 7.10. The Morgan fingerprint density at radius 3 is 2.71 bits per heavy atom. The van der Waals surface area contributed by atoms with Crippen molar-refractivity contribution >= 4 is 0 Å². The van der Waals surface area contributed by atoms with Crippen molar-refractivity contribution in [3.8, 4) is 6.07 Å². The third-order valence-electron chi connectivity index (χ3n) is 4.54. The van der Waals surface area contributed by atoms with Crippen molar-refractivity contribution in [1.29, 1.82) is 5.26 Å². The molecule has 2 fully saturated rings. The van der Waals surface area contributed by atoms with Gasteiger partial charge in [0.15, 0.2) is 0 Å². The Morgan fingerprint density at radius 2 is 2.07 bits per heavy atom. The van der Waals surface area contributed by atoms with Crippen LogP contribution >= 0.6 is 0 Å². The summed E-state index contributed by atoms with van der Waals surface area (Å²) in [5, 5.41) is 8.58. The molecule has 1 unspecified atom stereocenters. The third kappa shape index (κ3) is 1.29. The van der Waals surface area contributed by atoms with Gasteiger partial charge in [0.05, 0.1) is 6.07 Å². The number of allylic oxidation sites excluding steroid dienone is 2. The van der Waals surface area contributed by atoms with Crippen LogP contribution in [0.15, 0.2) is 12.2 Å². The van der Waals surface area contributed by atoms with Crippen LogP contribution in [0.4, 0.5) is 0 Å². The zero-order chi connectivity index (χ0) is 10.3. The molecule has 0 N–H and O–H groups in total. The molecule has 0 aromatic heterocycles. The summed E-state index contributed by atoms with van der Waals surface area (Å²) in [5.41, 5.74) is 0.537. The first kappa shape index (κ1) is 9.77. The van der Waals surface area contributed by atoms with E-state index in [1.54, 1.807) is 6.08 Å². The molecule has 0 aromatic carbocycles. The molecular formula is C13H19N. The van der Waals surface area contributed by atoms with Crippen LogP contribution in [0.2, 0.25) is 0 Å². The molecule has 1 nitrogen and oxygen atoms in total. The minimum atomic E-state index is 0.537. The van der Waals surface area contributed by atoms with Crippen molar-refractivity contribution in [2.24, 2.45) is 29.1 Å². The molecule has 0 spiro atoms. The van der Waals surface area contributed by atoms with Crippen LogP contribution in [-0.4, -0.2) is 0 Å². The van der Waals surface area contributed by atoms with E-state index in [-0.39, 0.29) is 0 Å². The van der Waals surface area contributed by atoms with Crippen LogP contribution in [0.25, 0.3) is 0 Å². The molecule has 0 heterocycles. The van der Waals surface area contributed by atoms with Gasteiger partial charge in [-0.2, -0.15) is 5.26 Å². The topological polar surface area (TPSA) is 23.8 Å². The lowest BCUT2D eigenvalue weighted by Gasteiger charge is -2.25. The van der Waals surface area contributed by atoms with E-state index in [0.29, 0.717) is 11.3 Å². The number of fused-ring (bicyclic) bond motifs is 1. The maximum atomic E-state index is 8.58. The van der Waals surface area contributed by atoms with E-state index in [0.717, 1.165) is 17.8 Å². The predicted molar refractivity (Wildman–Crippen MR) is 57.4 cm³/mol. The van der Waals surface area contributed by atoms with E-state index in [4.69, 9.17) is 5.26 Å². The lowest BCUT2D eigenvalue weighted by molar-refractivity contribution is 0.285. The molecule has 2 saturated carbocycles. The van der Waals surface area contributed by atoms with Gasteiger partial charge in [0.2, 0.25) is 0 Å². The van der Waals surface area contributed by atoms with E-state index in [9.17, 15) is 0 Å². The maximum Gasteiger partial charge on any atom is 0.0908 e. The normalized spacial score (nSPS) is 44.4. The molecule has 76 valence electrons. The van der Waals surface area contributed by atoms with Crippen LogP contribution < -0.4 is 0 Å². The Kier molecular flexibility index (Phi) is 2.18. The predicted octanol–water partition coefficient (Wildman–Crippen LogP) is 3.38. The molecule has 0 amide bonds. The minimum absolute atomic E-state index is 0.537. The molecule has 2 aliphatic rings. The van der Waals surface area contributed by atoms with Gasteiger partial charge >= 0.3 is 0 Å². The van der Waals surface area contributed by atoms with Gasteiger partial charge in [0, 0.05) is 6.08 Å². The van der Waals surface area contributed by atoms with Gasteiger partial charge in [-0.1, -0.05) is 26.8 Å². The molecule has 0 aliphatic heterocycles. The Balaban J connectivity index is 2.14. The third-order valence-corrected chi connectivity index (χ3v) is 4.54. The van der Waals surface area contributed by atoms with Crippen molar-refractivity contribution in [3.05, 3.63) is 12.2 Å². The van der Waals surface area contributed by atoms with Gasteiger partial charge in [-0.3, -0.25) is 0 Å². The second kappa shape index (κ2) is 3.12. The van der Waals surface area contributed by atoms with E-state index in [1.165, 1.54) is 12.8 Å². The fraction of sp³-hybridized carbons (Fsp3) is 0.769. The Labute approximate surface area is 86.8 Å². The smallest absolute Gasteiger partial charge is 0.0908 e. The number of nitrogens with zero attached hydrogens (tertiary/aromatic N) is 1. The van der Waals surface area contributed by atoms with Gasteiger partial charge in [-0.15, -0.1) is 0 Å². The number of hydrogen-bond acceptors (Lipinski definition) is 1. The van der Waals surface area contributed by atoms with Gasteiger partial charge < -0.3 is 0 Å². The average Bonchev–Trinajstić information content (AvgIpc) is 2.68. The molecule has 0 bridgehead atoms. The maximum absolute atomic E-state index is 8.58. The highest BCUT2D eigenvalue weighted by atomic mass is 14.7. The molecule has 0 radical (unpaired) electrons. The summed E-state index contributed by atoms with van der Waals surface area (Å²) in [6.07, 6.45) is 6.56. The van der Waals surface area contributed by atoms with Crippen LogP contribution in [0.1, 0.15) is 33.6 Å². The second-order valence-electron chi connectivity index (χ2n) is 5.57. The molecule has 2 aliphatic carbocycles. The van der Waals surface area contributed by atoms with E-state index in [1.807, 2.05) is 0 Å². The Morgan fingerprint density at radius 1 is 1.36 bits per heavy atom. The zero-order valence-corrected chi connectivity index (χ0v) is 9.33. The van der Waals surface area contributed by atoms with E-state index >= 15 is 0 Å². The van der Waals surface area contributed by atoms with Crippen molar-refractivity contribution in [2.75, 3.05) is 0 Å². The summed E-state index contributed by atoms with van der Waals surface area (Å²) in [4.78, 5) is 0. The molecule has 0 saturated heterocycles. The summed E-state index contributed by atoms with van der Waals surface area (Å²) < 4.78 is 0. The van der Waals surface area contributed by atoms with Gasteiger partial charge in [0.25, 0.3) is 0 Å². The molecule has 2 rings (SSSR count). The first-order valence-corrected chi connectivity index (χ1v) is 5.65. The SMILES string of the molecule is C[C@@H]1CCC2[C@H]([C@H]1C=CC#N)C2(C)C. The lowest BCUT2D eigenvalue weighted by Crippen LogP contribution is -2.17. The van der Waals surface area contributed by atoms with Gasteiger partial charge in [-0.05, 0) is 41.9 Å². The molecule has 14 heavy (non-hydrogen) atoms. The Hall–Kier alpha value is -0.770. The summed E-state index contributed by atoms with van der Waals surface area (Å²) >= 11 is 0. The summed E-state index contributed by atoms with van der Waals surface area (Å²) in [5.74, 6) is 3.19. The molecule has 1 heteroatoms. The van der Waals surface area contributed by atoms with E-state index < -0.39 is 0 Å². The Bertz CT molecular complexity index is 295.